The van der Waals surface area contributed by atoms with Crippen molar-refractivity contribution in [3.05, 3.63) is 47.4 Å². The molecule has 7 heteroatoms. The summed E-state index contributed by atoms with van der Waals surface area (Å²) in [5.74, 6) is 0.618. The summed E-state index contributed by atoms with van der Waals surface area (Å²) >= 11 is 0. The minimum atomic E-state index is -0.453. The summed E-state index contributed by atoms with van der Waals surface area (Å²) in [7, 11) is 0. The highest BCUT2D eigenvalue weighted by molar-refractivity contribution is 5.39. The first-order chi connectivity index (χ1) is 11.7. The fourth-order valence-electron chi connectivity index (χ4n) is 2.97. The molecule has 2 aliphatic rings. The summed E-state index contributed by atoms with van der Waals surface area (Å²) < 4.78 is 19.5. The van der Waals surface area contributed by atoms with Crippen LogP contribution in [0, 0.1) is 17.1 Å². The van der Waals surface area contributed by atoms with Gasteiger partial charge in [0, 0.05) is 43.0 Å². The highest BCUT2D eigenvalue weighted by Gasteiger charge is 2.45. The monoisotopic (exact) mass is 325 g/mol. The molecule has 0 radical (unpaired) electrons. The van der Waals surface area contributed by atoms with Crippen LogP contribution in [-0.4, -0.2) is 35.1 Å². The fourth-order valence-corrected chi connectivity index (χ4v) is 2.97. The summed E-state index contributed by atoms with van der Waals surface area (Å²) in [6, 6.07) is 8.91. The Labute approximate surface area is 138 Å². The van der Waals surface area contributed by atoms with Crippen LogP contribution in [0.15, 0.2) is 30.5 Å². The van der Waals surface area contributed by atoms with E-state index in [1.807, 2.05) is 6.07 Å². The third kappa shape index (κ3) is 2.88. The van der Waals surface area contributed by atoms with Gasteiger partial charge in [-0.05, 0) is 18.6 Å². The maximum absolute atomic E-state index is 13.9. The van der Waals surface area contributed by atoms with Crippen molar-refractivity contribution in [2.24, 2.45) is 0 Å². The van der Waals surface area contributed by atoms with Gasteiger partial charge in [0.2, 0.25) is 11.8 Å². The van der Waals surface area contributed by atoms with Crippen molar-refractivity contribution >= 4 is 5.95 Å². The molecule has 0 amide bonds. The minimum absolute atomic E-state index is 0.0571. The lowest BCUT2D eigenvalue weighted by molar-refractivity contribution is 0.287. The second kappa shape index (κ2) is 6.06. The van der Waals surface area contributed by atoms with Crippen molar-refractivity contribution in [2.75, 3.05) is 18.0 Å². The van der Waals surface area contributed by atoms with Gasteiger partial charge in [0.15, 0.2) is 0 Å². The van der Waals surface area contributed by atoms with Gasteiger partial charge in [-0.1, -0.05) is 6.07 Å². The Bertz CT molecular complexity index is 806. The summed E-state index contributed by atoms with van der Waals surface area (Å²) in [6.07, 6.45) is 2.77. The van der Waals surface area contributed by atoms with Crippen LogP contribution in [0.5, 0.6) is 5.88 Å². The van der Waals surface area contributed by atoms with Crippen LogP contribution in [0.1, 0.15) is 17.5 Å². The lowest BCUT2D eigenvalue weighted by atomic mass is 10.1. The molecule has 0 spiro atoms. The van der Waals surface area contributed by atoms with Crippen molar-refractivity contribution in [1.82, 2.24) is 15.3 Å². The molecule has 2 aromatic rings. The number of hydrogen-bond acceptors (Lipinski definition) is 6. The first-order valence-corrected chi connectivity index (χ1v) is 7.89. The van der Waals surface area contributed by atoms with E-state index in [4.69, 9.17) is 10.00 Å². The van der Waals surface area contributed by atoms with Gasteiger partial charge in [0.1, 0.15) is 12.4 Å². The molecule has 1 saturated heterocycles. The second-order valence-electron chi connectivity index (χ2n) is 5.96. The second-order valence-corrected chi connectivity index (χ2v) is 5.96. The van der Waals surface area contributed by atoms with Crippen LogP contribution in [0.25, 0.3) is 0 Å². The summed E-state index contributed by atoms with van der Waals surface area (Å²) in [5, 5.41) is 12.2. The SMILES string of the molecule is N#Cc1ccc(COc2ccnc(N3CCNC4CC43)n2)c(F)c1. The number of piperazine rings is 1. The summed E-state index contributed by atoms with van der Waals surface area (Å²) in [6.45, 7) is 1.85. The van der Waals surface area contributed by atoms with Crippen LogP contribution in [0.3, 0.4) is 0 Å². The lowest BCUT2D eigenvalue weighted by Crippen LogP contribution is -2.44. The zero-order valence-corrected chi connectivity index (χ0v) is 12.9. The molecule has 1 aliphatic heterocycles. The zero-order valence-electron chi connectivity index (χ0n) is 12.9. The van der Waals surface area contributed by atoms with E-state index >= 15 is 0 Å². The predicted molar refractivity (Wildman–Crippen MR) is 85.0 cm³/mol. The molecule has 1 aromatic carbocycles. The van der Waals surface area contributed by atoms with Crippen LogP contribution in [-0.2, 0) is 6.61 Å². The zero-order chi connectivity index (χ0) is 16.5. The van der Waals surface area contributed by atoms with Gasteiger partial charge < -0.3 is 15.0 Å². The topological polar surface area (TPSA) is 74.1 Å². The van der Waals surface area contributed by atoms with Crippen molar-refractivity contribution < 1.29 is 9.13 Å². The molecule has 1 aliphatic carbocycles. The van der Waals surface area contributed by atoms with E-state index in [-0.39, 0.29) is 6.61 Å². The van der Waals surface area contributed by atoms with Gasteiger partial charge >= 0.3 is 0 Å². The van der Waals surface area contributed by atoms with E-state index in [2.05, 4.69) is 20.2 Å². The van der Waals surface area contributed by atoms with E-state index < -0.39 is 5.82 Å². The quantitative estimate of drug-likeness (QED) is 0.921. The number of hydrogen-bond donors (Lipinski definition) is 1. The number of rotatable bonds is 4. The smallest absolute Gasteiger partial charge is 0.228 e. The first kappa shape index (κ1) is 14.8. The van der Waals surface area contributed by atoms with E-state index in [1.54, 1.807) is 24.4 Å². The highest BCUT2D eigenvalue weighted by Crippen LogP contribution is 2.33. The number of halogens is 1. The van der Waals surface area contributed by atoms with Crippen LogP contribution < -0.4 is 15.0 Å². The van der Waals surface area contributed by atoms with Crippen molar-refractivity contribution in [3.8, 4) is 11.9 Å². The molecule has 4 rings (SSSR count). The van der Waals surface area contributed by atoms with Gasteiger partial charge in [-0.2, -0.15) is 10.2 Å². The third-order valence-corrected chi connectivity index (χ3v) is 4.35. The molecular formula is C17H16FN5O. The number of aromatic nitrogens is 2. The molecule has 2 heterocycles. The number of nitriles is 1. The average molecular weight is 325 g/mol. The molecular weight excluding hydrogens is 309 g/mol. The number of anilines is 1. The largest absolute Gasteiger partial charge is 0.473 e. The van der Waals surface area contributed by atoms with E-state index in [0.29, 0.717) is 35.0 Å². The van der Waals surface area contributed by atoms with Crippen LogP contribution in [0.4, 0.5) is 10.3 Å². The van der Waals surface area contributed by atoms with Gasteiger partial charge in [-0.25, -0.2) is 9.37 Å². The lowest BCUT2D eigenvalue weighted by Gasteiger charge is -2.27. The molecule has 0 bridgehead atoms. The highest BCUT2D eigenvalue weighted by atomic mass is 19.1. The van der Waals surface area contributed by atoms with Gasteiger partial charge in [-0.3, -0.25) is 0 Å². The molecule has 24 heavy (non-hydrogen) atoms. The molecule has 1 aromatic heterocycles. The Hall–Kier alpha value is -2.72. The van der Waals surface area contributed by atoms with E-state index in [9.17, 15) is 4.39 Å². The third-order valence-electron chi connectivity index (χ3n) is 4.35. The Balaban J connectivity index is 1.45. The normalized spacial score (nSPS) is 21.8. The van der Waals surface area contributed by atoms with Gasteiger partial charge in [-0.15, -0.1) is 0 Å². The molecule has 6 nitrogen and oxygen atoms in total. The average Bonchev–Trinajstić information content (AvgIpc) is 3.40. The predicted octanol–water partition coefficient (Wildman–Crippen LogP) is 1.62. The van der Waals surface area contributed by atoms with Crippen LogP contribution >= 0.6 is 0 Å². The molecule has 2 fully saturated rings. The molecule has 2 unspecified atom stereocenters. The van der Waals surface area contributed by atoms with Crippen molar-refractivity contribution in [2.45, 2.75) is 25.1 Å². The molecule has 1 saturated carbocycles. The van der Waals surface area contributed by atoms with E-state index in [1.165, 1.54) is 6.07 Å². The number of fused-ring (bicyclic) bond motifs is 1. The Morgan fingerprint density at radius 2 is 2.33 bits per heavy atom. The molecule has 122 valence electrons. The van der Waals surface area contributed by atoms with Crippen LogP contribution in [0.2, 0.25) is 0 Å². The standard InChI is InChI=1S/C17H16FN5O/c18-13-7-11(9-19)1-2-12(13)10-24-16-3-4-21-17(22-16)23-6-5-20-14-8-15(14)23/h1-4,7,14-15,20H,5-6,8,10H2. The Kier molecular flexibility index (Phi) is 3.75. The number of ether oxygens (including phenoxy) is 1. The summed E-state index contributed by atoms with van der Waals surface area (Å²) in [5.41, 5.74) is 0.678. The molecule has 1 N–H and O–H groups in total. The van der Waals surface area contributed by atoms with Gasteiger partial charge in [0.05, 0.1) is 11.6 Å². The Morgan fingerprint density at radius 1 is 1.42 bits per heavy atom. The number of nitrogens with zero attached hydrogens (tertiary/aromatic N) is 4. The Morgan fingerprint density at radius 3 is 3.17 bits per heavy atom. The first-order valence-electron chi connectivity index (χ1n) is 7.89. The van der Waals surface area contributed by atoms with E-state index in [0.717, 1.165) is 19.5 Å². The van der Waals surface area contributed by atoms with Crippen molar-refractivity contribution in [1.29, 1.82) is 5.26 Å². The number of benzene rings is 1. The van der Waals surface area contributed by atoms with Gasteiger partial charge in [0.25, 0.3) is 0 Å². The minimum Gasteiger partial charge on any atom is -0.473 e. The maximum Gasteiger partial charge on any atom is 0.228 e. The fraction of sp³-hybridized carbons (Fsp3) is 0.353. The maximum atomic E-state index is 13.9. The number of nitrogens with one attached hydrogen (secondary N) is 1. The van der Waals surface area contributed by atoms with Crippen molar-refractivity contribution in [3.63, 3.8) is 0 Å². The molecule has 2 atom stereocenters. The summed E-state index contributed by atoms with van der Waals surface area (Å²) in [4.78, 5) is 11.0.